The number of rotatable bonds is 4. The van der Waals surface area contributed by atoms with Crippen molar-refractivity contribution in [3.63, 3.8) is 0 Å². The summed E-state index contributed by atoms with van der Waals surface area (Å²) in [6.45, 7) is 4.79. The number of nitrogens with zero attached hydrogens (tertiary/aromatic N) is 5. The summed E-state index contributed by atoms with van der Waals surface area (Å²) in [6, 6.07) is 4.67. The van der Waals surface area contributed by atoms with Gasteiger partial charge in [0.1, 0.15) is 11.6 Å². The molecule has 0 aliphatic carbocycles. The largest absolute Gasteiger partial charge is 0.417 e. The summed E-state index contributed by atoms with van der Waals surface area (Å²) in [5.74, 6) is 0.921. The van der Waals surface area contributed by atoms with Crippen LogP contribution in [-0.2, 0) is 11.0 Å². The number of nitrogens with one attached hydrogen (secondary N) is 1. The lowest BCUT2D eigenvalue weighted by Gasteiger charge is -2.33. The molecule has 33 heavy (non-hydrogen) atoms. The fourth-order valence-corrected chi connectivity index (χ4v) is 4.38. The number of anilines is 3. The number of likely N-dealkylation sites (N-methyl/N-ethyl adjacent to an activating group) is 1. The van der Waals surface area contributed by atoms with Crippen LogP contribution in [0, 0.1) is 5.92 Å². The van der Waals surface area contributed by atoms with Gasteiger partial charge in [-0.25, -0.2) is 9.97 Å². The van der Waals surface area contributed by atoms with E-state index in [-0.39, 0.29) is 16.8 Å². The number of hydrogen-bond acceptors (Lipinski definition) is 6. The van der Waals surface area contributed by atoms with Crippen LogP contribution in [0.4, 0.5) is 30.5 Å². The van der Waals surface area contributed by atoms with Gasteiger partial charge in [0, 0.05) is 51.4 Å². The van der Waals surface area contributed by atoms with Gasteiger partial charge in [0.25, 0.3) is 0 Å². The number of hydrogen-bond donors (Lipinski definition) is 1. The van der Waals surface area contributed by atoms with E-state index < -0.39 is 11.7 Å². The minimum absolute atomic E-state index is 0.0424. The molecule has 0 unspecified atom stereocenters. The molecule has 4 rings (SSSR count). The Morgan fingerprint density at radius 1 is 1.03 bits per heavy atom. The first-order chi connectivity index (χ1) is 15.7. The number of carbonyl (C=O) groups excluding carboxylic acids is 1. The quantitative estimate of drug-likeness (QED) is 0.716. The zero-order valence-electron chi connectivity index (χ0n) is 18.3. The monoisotopic (exact) mass is 482 g/mol. The lowest BCUT2D eigenvalue weighted by molar-refractivity contribution is -0.137. The van der Waals surface area contributed by atoms with Crippen molar-refractivity contribution in [2.75, 3.05) is 61.4 Å². The van der Waals surface area contributed by atoms with E-state index in [0.29, 0.717) is 37.4 Å². The van der Waals surface area contributed by atoms with Gasteiger partial charge in [0.05, 0.1) is 22.5 Å². The summed E-state index contributed by atoms with van der Waals surface area (Å²) < 4.78 is 38.5. The standard InChI is InChI=1S/C22H26ClF3N6O/c1-30-8-10-31(11-9-30)19-3-2-17(14-27-19)29-21(33)15-4-6-32(7-5-15)20-18(23)12-16(13-28-20)22(24,25)26/h2-3,12-15H,4-11H2,1H3,(H,29,33). The Labute approximate surface area is 195 Å². The van der Waals surface area contributed by atoms with Crippen molar-refractivity contribution in [2.24, 2.45) is 5.92 Å². The summed E-state index contributed by atoms with van der Waals surface area (Å²) in [7, 11) is 2.10. The van der Waals surface area contributed by atoms with Gasteiger partial charge in [0.15, 0.2) is 0 Å². The smallest absolute Gasteiger partial charge is 0.355 e. The summed E-state index contributed by atoms with van der Waals surface area (Å²) in [5.41, 5.74) is -0.231. The number of carbonyl (C=O) groups is 1. The van der Waals surface area contributed by atoms with Crippen molar-refractivity contribution < 1.29 is 18.0 Å². The first-order valence-electron chi connectivity index (χ1n) is 10.9. The molecule has 0 aromatic carbocycles. The molecule has 2 aliphatic rings. The molecule has 4 heterocycles. The van der Waals surface area contributed by atoms with Crippen LogP contribution < -0.4 is 15.1 Å². The van der Waals surface area contributed by atoms with Crippen molar-refractivity contribution in [1.82, 2.24) is 14.9 Å². The van der Waals surface area contributed by atoms with Crippen molar-refractivity contribution in [3.05, 3.63) is 41.2 Å². The zero-order valence-corrected chi connectivity index (χ0v) is 19.0. The number of halogens is 4. The highest BCUT2D eigenvalue weighted by Crippen LogP contribution is 2.34. The fraction of sp³-hybridized carbons (Fsp3) is 0.500. The molecule has 1 amide bonds. The summed E-state index contributed by atoms with van der Waals surface area (Å²) >= 11 is 6.05. The van der Waals surface area contributed by atoms with E-state index in [1.165, 1.54) is 0 Å². The van der Waals surface area contributed by atoms with Crippen LogP contribution in [-0.4, -0.2) is 67.1 Å². The maximum atomic E-state index is 12.8. The second-order valence-electron chi connectivity index (χ2n) is 8.47. The van der Waals surface area contributed by atoms with E-state index in [9.17, 15) is 18.0 Å². The third-order valence-electron chi connectivity index (χ3n) is 6.16. The second kappa shape index (κ2) is 9.72. The maximum Gasteiger partial charge on any atom is 0.417 e. The molecular weight excluding hydrogens is 457 g/mol. The minimum Gasteiger partial charge on any atom is -0.355 e. The molecule has 2 aliphatic heterocycles. The van der Waals surface area contributed by atoms with Gasteiger partial charge in [-0.15, -0.1) is 0 Å². The van der Waals surface area contributed by atoms with E-state index >= 15 is 0 Å². The van der Waals surface area contributed by atoms with Crippen molar-refractivity contribution in [1.29, 1.82) is 0 Å². The molecule has 0 bridgehead atoms. The number of aromatic nitrogens is 2. The van der Waals surface area contributed by atoms with Gasteiger partial charge >= 0.3 is 6.18 Å². The Morgan fingerprint density at radius 2 is 1.73 bits per heavy atom. The molecule has 0 saturated carbocycles. The van der Waals surface area contributed by atoms with Gasteiger partial charge in [-0.05, 0) is 38.1 Å². The van der Waals surface area contributed by atoms with E-state index in [1.54, 1.807) is 6.20 Å². The lowest BCUT2D eigenvalue weighted by atomic mass is 9.96. The first-order valence-corrected chi connectivity index (χ1v) is 11.3. The molecule has 2 aromatic heterocycles. The highest BCUT2D eigenvalue weighted by Gasteiger charge is 2.33. The number of piperidine rings is 1. The molecule has 178 valence electrons. The van der Waals surface area contributed by atoms with Crippen LogP contribution in [0.5, 0.6) is 0 Å². The number of alkyl halides is 3. The van der Waals surface area contributed by atoms with Crippen molar-refractivity contribution in [2.45, 2.75) is 19.0 Å². The van der Waals surface area contributed by atoms with E-state index in [1.807, 2.05) is 17.0 Å². The van der Waals surface area contributed by atoms with Gasteiger partial charge in [-0.3, -0.25) is 4.79 Å². The maximum absolute atomic E-state index is 12.8. The molecule has 0 atom stereocenters. The predicted octanol–water partition coefficient (Wildman–Crippen LogP) is 3.76. The summed E-state index contributed by atoms with van der Waals surface area (Å²) in [6.07, 6.45) is -0.918. The Morgan fingerprint density at radius 3 is 2.30 bits per heavy atom. The molecule has 2 fully saturated rings. The topological polar surface area (TPSA) is 64.6 Å². The SMILES string of the molecule is CN1CCN(c2ccc(NC(=O)C3CCN(c4ncc(C(F)(F)F)cc4Cl)CC3)cn2)CC1. The molecule has 2 saturated heterocycles. The number of amides is 1. The summed E-state index contributed by atoms with van der Waals surface area (Å²) in [4.78, 5) is 27.4. The molecule has 1 N–H and O–H groups in total. The van der Waals surface area contributed by atoms with E-state index in [4.69, 9.17) is 11.6 Å². The van der Waals surface area contributed by atoms with Crippen LogP contribution in [0.1, 0.15) is 18.4 Å². The zero-order chi connectivity index (χ0) is 23.6. The van der Waals surface area contributed by atoms with Gasteiger partial charge in [0.2, 0.25) is 5.91 Å². The third kappa shape index (κ3) is 5.67. The van der Waals surface area contributed by atoms with E-state index in [2.05, 4.69) is 32.1 Å². The Kier molecular flexibility index (Phi) is 6.94. The minimum atomic E-state index is -4.49. The lowest BCUT2D eigenvalue weighted by Crippen LogP contribution is -2.44. The number of pyridine rings is 2. The highest BCUT2D eigenvalue weighted by atomic mass is 35.5. The van der Waals surface area contributed by atoms with E-state index in [0.717, 1.165) is 44.3 Å². The summed E-state index contributed by atoms with van der Waals surface area (Å²) in [5, 5.41) is 2.88. The van der Waals surface area contributed by atoms with Crippen LogP contribution in [0.2, 0.25) is 5.02 Å². The Bertz CT molecular complexity index is 971. The van der Waals surface area contributed by atoms with Crippen LogP contribution in [0.15, 0.2) is 30.6 Å². The van der Waals surface area contributed by atoms with Gasteiger partial charge in [-0.2, -0.15) is 13.2 Å². The average molecular weight is 483 g/mol. The van der Waals surface area contributed by atoms with Gasteiger partial charge < -0.3 is 20.0 Å². The molecular formula is C22H26ClF3N6O. The average Bonchev–Trinajstić information content (AvgIpc) is 2.80. The highest BCUT2D eigenvalue weighted by molar-refractivity contribution is 6.33. The van der Waals surface area contributed by atoms with Crippen LogP contribution in [0.25, 0.3) is 0 Å². The second-order valence-corrected chi connectivity index (χ2v) is 8.88. The first kappa shape index (κ1) is 23.6. The van der Waals surface area contributed by atoms with Gasteiger partial charge in [-0.1, -0.05) is 11.6 Å². The molecule has 7 nitrogen and oxygen atoms in total. The Hall–Kier alpha value is -2.59. The fourth-order valence-electron chi connectivity index (χ4n) is 4.10. The molecule has 0 radical (unpaired) electrons. The molecule has 0 spiro atoms. The third-order valence-corrected chi connectivity index (χ3v) is 6.44. The molecule has 2 aromatic rings. The predicted molar refractivity (Wildman–Crippen MR) is 122 cm³/mol. The normalized spacial score (nSPS) is 18.5. The Balaban J connectivity index is 1.30. The van der Waals surface area contributed by atoms with Crippen LogP contribution >= 0.6 is 11.6 Å². The van der Waals surface area contributed by atoms with Crippen molar-refractivity contribution in [3.8, 4) is 0 Å². The number of piperazine rings is 1. The van der Waals surface area contributed by atoms with Crippen molar-refractivity contribution >= 4 is 34.8 Å². The molecule has 11 heteroatoms. The van der Waals surface area contributed by atoms with Crippen LogP contribution in [0.3, 0.4) is 0 Å².